The number of hydrogen-bond donors (Lipinski definition) is 1. The minimum Gasteiger partial charge on any atom is -0.507 e. The molecule has 6 nitrogen and oxygen atoms in total. The first-order chi connectivity index (χ1) is 15.4. The molecule has 1 saturated heterocycles. The smallest absolute Gasteiger partial charge is 0.295 e. The standard InChI is InChI=1S/C25H25BrN2O4/c1-4-5-12-28-22(17-14-27(2)19-9-7-6-8-16(17)19)21(24(30)25(28)31)23(29)15-10-11-20(32-3)18(26)13-15/h6-11,13-14,22,29H,4-5,12H2,1-3H3/b23-21+. The number of aromatic nitrogens is 1. The number of Topliss-reactive ketones (excluding diaryl/α,β-unsaturated/α-hetero) is 1. The molecule has 2 aromatic carbocycles. The normalized spacial score (nSPS) is 18.0. The quantitative estimate of drug-likeness (QED) is 0.290. The number of hydrogen-bond acceptors (Lipinski definition) is 4. The molecule has 1 aliphatic heterocycles. The van der Waals surface area contributed by atoms with Gasteiger partial charge in [-0.25, -0.2) is 0 Å². The van der Waals surface area contributed by atoms with Crippen LogP contribution < -0.4 is 4.74 Å². The highest BCUT2D eigenvalue weighted by molar-refractivity contribution is 9.10. The molecule has 0 saturated carbocycles. The molecule has 0 bridgehead atoms. The van der Waals surface area contributed by atoms with Crippen molar-refractivity contribution in [2.45, 2.75) is 25.8 Å². The van der Waals surface area contributed by atoms with Gasteiger partial charge in [0, 0.05) is 41.8 Å². The van der Waals surface area contributed by atoms with Gasteiger partial charge in [0.05, 0.1) is 23.2 Å². The van der Waals surface area contributed by atoms with Gasteiger partial charge in [-0.1, -0.05) is 31.5 Å². The SMILES string of the molecule is CCCCN1C(=O)C(=O)/C(=C(/O)c2ccc(OC)c(Br)c2)C1c1cn(C)c2ccccc12. The van der Waals surface area contributed by atoms with Crippen molar-refractivity contribution in [1.29, 1.82) is 0 Å². The summed E-state index contributed by atoms with van der Waals surface area (Å²) in [6, 6.07) is 12.3. The number of para-hydroxylation sites is 1. The number of unbranched alkanes of at least 4 members (excludes halogenated alkanes) is 1. The highest BCUT2D eigenvalue weighted by Gasteiger charge is 2.46. The van der Waals surface area contributed by atoms with Gasteiger partial charge in [0.2, 0.25) is 0 Å². The number of aliphatic hydroxyl groups is 1. The maximum absolute atomic E-state index is 13.2. The summed E-state index contributed by atoms with van der Waals surface area (Å²) in [5.74, 6) is -0.826. The van der Waals surface area contributed by atoms with E-state index in [9.17, 15) is 14.7 Å². The van der Waals surface area contributed by atoms with Gasteiger partial charge in [-0.3, -0.25) is 9.59 Å². The first kappa shape index (κ1) is 22.1. The second-order valence-corrected chi connectivity index (χ2v) is 8.76. The van der Waals surface area contributed by atoms with E-state index in [4.69, 9.17) is 4.74 Å². The zero-order chi connectivity index (χ0) is 23.0. The van der Waals surface area contributed by atoms with Gasteiger partial charge < -0.3 is 19.3 Å². The van der Waals surface area contributed by atoms with Crippen LogP contribution in [-0.4, -0.2) is 39.9 Å². The predicted molar refractivity (Wildman–Crippen MR) is 128 cm³/mol. The highest BCUT2D eigenvalue weighted by Crippen LogP contribution is 2.43. The highest BCUT2D eigenvalue weighted by atomic mass is 79.9. The molecule has 3 aromatic rings. The minimum atomic E-state index is -0.663. The summed E-state index contributed by atoms with van der Waals surface area (Å²) >= 11 is 3.43. The molecule has 0 radical (unpaired) electrons. The van der Waals surface area contributed by atoms with Crippen LogP contribution in [-0.2, 0) is 16.6 Å². The number of carbonyl (C=O) groups is 2. The Hall–Kier alpha value is -3.06. The summed E-state index contributed by atoms with van der Waals surface area (Å²) < 4.78 is 7.89. The lowest BCUT2D eigenvalue weighted by Crippen LogP contribution is -2.30. The van der Waals surface area contributed by atoms with Crippen molar-refractivity contribution in [2.24, 2.45) is 7.05 Å². The summed E-state index contributed by atoms with van der Waals surface area (Å²) in [5, 5.41) is 12.2. The van der Waals surface area contributed by atoms with E-state index in [0.717, 1.165) is 29.3 Å². The summed E-state index contributed by atoms with van der Waals surface area (Å²) in [7, 11) is 3.49. The molecule has 1 aromatic heterocycles. The van der Waals surface area contributed by atoms with E-state index < -0.39 is 17.7 Å². The van der Waals surface area contributed by atoms with Crippen LogP contribution >= 0.6 is 15.9 Å². The lowest BCUT2D eigenvalue weighted by Gasteiger charge is -2.24. The number of fused-ring (bicyclic) bond motifs is 1. The fourth-order valence-corrected chi connectivity index (χ4v) is 4.86. The molecule has 1 atom stereocenters. The Labute approximate surface area is 195 Å². The molecule has 0 aliphatic carbocycles. The number of benzene rings is 2. The Kier molecular flexibility index (Phi) is 6.11. The number of aliphatic hydroxyl groups excluding tert-OH is 1. The lowest BCUT2D eigenvalue weighted by molar-refractivity contribution is -0.139. The van der Waals surface area contributed by atoms with Crippen molar-refractivity contribution < 1.29 is 19.4 Å². The second kappa shape index (κ2) is 8.82. The van der Waals surface area contributed by atoms with Crippen molar-refractivity contribution in [1.82, 2.24) is 9.47 Å². The van der Waals surface area contributed by atoms with Gasteiger partial charge in [0.25, 0.3) is 11.7 Å². The number of ketones is 1. The van der Waals surface area contributed by atoms with E-state index in [1.54, 1.807) is 30.2 Å². The number of halogens is 1. The molecule has 4 rings (SSSR count). The van der Waals surface area contributed by atoms with Crippen LogP contribution in [0.2, 0.25) is 0 Å². The largest absolute Gasteiger partial charge is 0.507 e. The average molecular weight is 497 g/mol. The third kappa shape index (κ3) is 3.60. The third-order valence-electron chi connectivity index (χ3n) is 5.94. The number of rotatable bonds is 6. The van der Waals surface area contributed by atoms with Crippen LogP contribution in [0.25, 0.3) is 16.7 Å². The Morgan fingerprint density at radius 1 is 1.19 bits per heavy atom. The molecule has 1 fully saturated rings. The molecule has 1 aliphatic rings. The predicted octanol–water partition coefficient (Wildman–Crippen LogP) is 5.17. The summed E-state index contributed by atoms with van der Waals surface area (Å²) in [6.07, 6.45) is 3.59. The minimum absolute atomic E-state index is 0.111. The Morgan fingerprint density at radius 3 is 2.62 bits per heavy atom. The van der Waals surface area contributed by atoms with Crippen LogP contribution in [0.15, 0.2) is 58.7 Å². The van der Waals surface area contributed by atoms with Crippen LogP contribution in [0, 0.1) is 0 Å². The number of ether oxygens (including phenoxy) is 1. The third-order valence-corrected chi connectivity index (χ3v) is 6.56. The molecule has 32 heavy (non-hydrogen) atoms. The van der Waals surface area contributed by atoms with Crippen molar-refractivity contribution >= 4 is 44.3 Å². The molecular formula is C25H25BrN2O4. The van der Waals surface area contributed by atoms with Crippen molar-refractivity contribution in [3.8, 4) is 5.75 Å². The topological polar surface area (TPSA) is 71.8 Å². The van der Waals surface area contributed by atoms with Gasteiger partial charge in [-0.05, 0) is 46.6 Å². The van der Waals surface area contributed by atoms with Gasteiger partial charge in [-0.15, -0.1) is 0 Å². The number of carbonyl (C=O) groups excluding carboxylic acids is 2. The summed E-state index contributed by atoms with van der Waals surface area (Å²) in [6.45, 7) is 2.48. The number of amides is 1. The van der Waals surface area contributed by atoms with Crippen LogP contribution in [0.1, 0.15) is 36.9 Å². The van der Waals surface area contributed by atoms with Crippen molar-refractivity contribution in [3.05, 3.63) is 69.8 Å². The number of nitrogens with zero attached hydrogens (tertiary/aromatic N) is 2. The number of methoxy groups -OCH3 is 1. The summed E-state index contributed by atoms with van der Waals surface area (Å²) in [4.78, 5) is 27.8. The lowest BCUT2D eigenvalue weighted by atomic mass is 9.95. The maximum Gasteiger partial charge on any atom is 0.295 e. The van der Waals surface area contributed by atoms with Crippen LogP contribution in [0.5, 0.6) is 5.75 Å². The van der Waals surface area contributed by atoms with Crippen LogP contribution in [0.3, 0.4) is 0 Å². The fourth-order valence-electron chi connectivity index (χ4n) is 4.32. The molecule has 1 amide bonds. The van der Waals surface area contributed by atoms with E-state index in [1.807, 2.05) is 49.0 Å². The van der Waals surface area contributed by atoms with Gasteiger partial charge in [0.15, 0.2) is 0 Å². The molecule has 2 heterocycles. The molecule has 1 unspecified atom stereocenters. The Balaban J connectivity index is 1.94. The number of likely N-dealkylation sites (tertiary alicyclic amines) is 1. The Morgan fingerprint density at radius 2 is 1.94 bits per heavy atom. The van der Waals surface area contributed by atoms with Gasteiger partial charge >= 0.3 is 0 Å². The van der Waals surface area contributed by atoms with E-state index in [-0.39, 0.29) is 11.3 Å². The molecule has 166 valence electrons. The number of aryl methyl sites for hydroxylation is 1. The molecule has 1 N–H and O–H groups in total. The molecule has 7 heteroatoms. The van der Waals surface area contributed by atoms with E-state index in [2.05, 4.69) is 15.9 Å². The average Bonchev–Trinajstić information content (AvgIpc) is 3.25. The fraction of sp³-hybridized carbons (Fsp3) is 0.280. The van der Waals surface area contributed by atoms with Gasteiger partial charge in [-0.2, -0.15) is 0 Å². The molecular weight excluding hydrogens is 472 g/mol. The zero-order valence-electron chi connectivity index (χ0n) is 18.3. The van der Waals surface area contributed by atoms with Crippen molar-refractivity contribution in [3.63, 3.8) is 0 Å². The first-order valence-electron chi connectivity index (χ1n) is 10.5. The second-order valence-electron chi connectivity index (χ2n) is 7.91. The first-order valence-corrected chi connectivity index (χ1v) is 11.3. The van der Waals surface area contributed by atoms with Gasteiger partial charge in [0.1, 0.15) is 11.5 Å². The zero-order valence-corrected chi connectivity index (χ0v) is 19.8. The molecule has 0 spiro atoms. The van der Waals surface area contributed by atoms with E-state index >= 15 is 0 Å². The Bertz CT molecular complexity index is 1240. The summed E-state index contributed by atoms with van der Waals surface area (Å²) in [5.41, 5.74) is 2.37. The van der Waals surface area contributed by atoms with E-state index in [1.165, 1.54) is 0 Å². The van der Waals surface area contributed by atoms with Crippen molar-refractivity contribution in [2.75, 3.05) is 13.7 Å². The van der Waals surface area contributed by atoms with E-state index in [0.29, 0.717) is 22.3 Å². The maximum atomic E-state index is 13.2. The monoisotopic (exact) mass is 496 g/mol. The van der Waals surface area contributed by atoms with Crippen LogP contribution in [0.4, 0.5) is 0 Å².